The standard InChI is InChI=1S/C18H23N3O2S/c22-17(18(23)7-12-24-13-8-18)20-9-6-16-19-10-11-21(16)14-15-4-2-1-3-5-15/h1-5,10-11,23H,6-9,12-14H2,(H,20,22). The quantitative estimate of drug-likeness (QED) is 0.838. The molecule has 2 aromatic rings. The number of carbonyl (C=O) groups excluding carboxylic acids is 1. The Balaban J connectivity index is 1.52. The zero-order valence-corrected chi connectivity index (χ0v) is 14.5. The number of nitrogens with one attached hydrogen (secondary N) is 1. The van der Waals surface area contributed by atoms with Crippen molar-refractivity contribution >= 4 is 17.7 Å². The number of carbonyl (C=O) groups is 1. The topological polar surface area (TPSA) is 67.2 Å². The first-order chi connectivity index (χ1) is 11.7. The van der Waals surface area contributed by atoms with Crippen molar-refractivity contribution < 1.29 is 9.90 Å². The second kappa shape index (κ2) is 7.85. The van der Waals surface area contributed by atoms with Gasteiger partial charge in [0.25, 0.3) is 5.91 Å². The van der Waals surface area contributed by atoms with Crippen molar-refractivity contribution in [2.75, 3.05) is 18.1 Å². The van der Waals surface area contributed by atoms with Crippen LogP contribution >= 0.6 is 11.8 Å². The van der Waals surface area contributed by atoms with E-state index in [1.54, 1.807) is 18.0 Å². The Labute approximate surface area is 146 Å². The van der Waals surface area contributed by atoms with E-state index in [1.165, 1.54) is 5.56 Å². The molecule has 0 atom stereocenters. The minimum atomic E-state index is -1.19. The van der Waals surface area contributed by atoms with Gasteiger partial charge >= 0.3 is 0 Å². The van der Waals surface area contributed by atoms with Gasteiger partial charge < -0.3 is 15.0 Å². The number of thioether (sulfide) groups is 1. The van der Waals surface area contributed by atoms with Gasteiger partial charge in [0.15, 0.2) is 0 Å². The predicted octanol–water partition coefficient (Wildman–Crippen LogP) is 1.85. The Bertz CT molecular complexity index is 666. The van der Waals surface area contributed by atoms with Crippen LogP contribution in [0, 0.1) is 0 Å². The van der Waals surface area contributed by atoms with Crippen LogP contribution in [-0.4, -0.2) is 44.2 Å². The minimum Gasteiger partial charge on any atom is -0.380 e. The summed E-state index contributed by atoms with van der Waals surface area (Å²) in [6.45, 7) is 1.26. The lowest BCUT2D eigenvalue weighted by Crippen LogP contribution is -2.49. The molecule has 1 saturated heterocycles. The third-order valence-electron chi connectivity index (χ3n) is 4.37. The zero-order chi connectivity index (χ0) is 16.8. The number of imidazole rings is 1. The van der Waals surface area contributed by atoms with E-state index < -0.39 is 5.60 Å². The largest absolute Gasteiger partial charge is 0.380 e. The molecule has 0 unspecified atom stereocenters. The fraction of sp³-hybridized carbons (Fsp3) is 0.444. The highest BCUT2D eigenvalue weighted by molar-refractivity contribution is 7.99. The first-order valence-corrected chi connectivity index (χ1v) is 9.45. The summed E-state index contributed by atoms with van der Waals surface area (Å²) in [5.41, 5.74) is 0.0276. The van der Waals surface area contributed by atoms with E-state index in [1.807, 2.05) is 24.4 Å². The summed E-state index contributed by atoms with van der Waals surface area (Å²) in [7, 11) is 0. The summed E-state index contributed by atoms with van der Waals surface area (Å²) >= 11 is 1.79. The fourth-order valence-corrected chi connectivity index (χ4v) is 4.05. The SMILES string of the molecule is O=C(NCCc1nccn1Cc1ccccc1)C1(O)CCSCC1. The molecule has 128 valence electrons. The Morgan fingerprint density at radius 2 is 2.04 bits per heavy atom. The Kier molecular flexibility index (Phi) is 5.58. The van der Waals surface area contributed by atoms with Crippen molar-refractivity contribution in [3.05, 3.63) is 54.1 Å². The summed E-state index contributed by atoms with van der Waals surface area (Å²) < 4.78 is 2.09. The van der Waals surface area contributed by atoms with Crippen LogP contribution in [0.15, 0.2) is 42.7 Å². The number of aromatic nitrogens is 2. The molecule has 1 fully saturated rings. The molecule has 5 nitrogen and oxygen atoms in total. The van der Waals surface area contributed by atoms with Crippen LogP contribution < -0.4 is 5.32 Å². The lowest BCUT2D eigenvalue weighted by Gasteiger charge is -2.30. The van der Waals surface area contributed by atoms with Gasteiger partial charge in [0.2, 0.25) is 0 Å². The second-order valence-electron chi connectivity index (χ2n) is 6.11. The molecule has 1 aliphatic heterocycles. The van der Waals surface area contributed by atoms with Crippen molar-refractivity contribution in [3.8, 4) is 0 Å². The van der Waals surface area contributed by atoms with Crippen molar-refractivity contribution in [1.82, 2.24) is 14.9 Å². The number of benzene rings is 1. The van der Waals surface area contributed by atoms with Gasteiger partial charge in [0.1, 0.15) is 11.4 Å². The number of hydrogen-bond donors (Lipinski definition) is 2. The maximum absolute atomic E-state index is 12.2. The van der Waals surface area contributed by atoms with Crippen molar-refractivity contribution in [2.45, 2.75) is 31.4 Å². The van der Waals surface area contributed by atoms with Gasteiger partial charge in [0.05, 0.1) is 0 Å². The Hall–Kier alpha value is -1.79. The van der Waals surface area contributed by atoms with Gasteiger partial charge in [-0.05, 0) is 29.9 Å². The van der Waals surface area contributed by atoms with E-state index in [9.17, 15) is 9.90 Å². The molecule has 0 spiro atoms. The van der Waals surface area contributed by atoms with Gasteiger partial charge in [0, 0.05) is 31.9 Å². The second-order valence-corrected chi connectivity index (χ2v) is 7.33. The molecule has 6 heteroatoms. The third kappa shape index (κ3) is 4.19. The Morgan fingerprint density at radius 3 is 2.79 bits per heavy atom. The van der Waals surface area contributed by atoms with E-state index >= 15 is 0 Å². The van der Waals surface area contributed by atoms with Crippen molar-refractivity contribution in [2.24, 2.45) is 0 Å². The number of nitrogens with zero attached hydrogens (tertiary/aromatic N) is 2. The van der Waals surface area contributed by atoms with E-state index in [-0.39, 0.29) is 5.91 Å². The third-order valence-corrected chi connectivity index (χ3v) is 5.36. The van der Waals surface area contributed by atoms with E-state index in [4.69, 9.17) is 0 Å². The molecule has 1 aliphatic rings. The molecule has 0 radical (unpaired) electrons. The normalized spacial score (nSPS) is 16.7. The van der Waals surface area contributed by atoms with Crippen LogP contribution in [0.2, 0.25) is 0 Å². The van der Waals surface area contributed by atoms with Gasteiger partial charge in [-0.2, -0.15) is 11.8 Å². The highest BCUT2D eigenvalue weighted by Crippen LogP contribution is 2.26. The van der Waals surface area contributed by atoms with Crippen LogP contribution in [0.4, 0.5) is 0 Å². The molecular weight excluding hydrogens is 322 g/mol. The minimum absolute atomic E-state index is 0.246. The summed E-state index contributed by atoms with van der Waals surface area (Å²) in [6.07, 6.45) is 5.46. The molecule has 1 amide bonds. The highest BCUT2D eigenvalue weighted by Gasteiger charge is 2.36. The predicted molar refractivity (Wildman–Crippen MR) is 96.0 cm³/mol. The molecule has 3 rings (SSSR count). The molecule has 24 heavy (non-hydrogen) atoms. The smallest absolute Gasteiger partial charge is 0.252 e. The van der Waals surface area contributed by atoms with Crippen LogP contribution in [0.1, 0.15) is 24.2 Å². The molecular formula is C18H23N3O2S. The highest BCUT2D eigenvalue weighted by atomic mass is 32.2. The molecule has 0 saturated carbocycles. The summed E-state index contributed by atoms with van der Waals surface area (Å²) in [5.74, 6) is 2.37. The van der Waals surface area contributed by atoms with Crippen LogP contribution in [0.5, 0.6) is 0 Å². The molecule has 0 aliphatic carbocycles. The van der Waals surface area contributed by atoms with Crippen LogP contribution in [-0.2, 0) is 17.8 Å². The lowest BCUT2D eigenvalue weighted by atomic mass is 9.96. The average Bonchev–Trinajstić information content (AvgIpc) is 3.03. The molecule has 2 N–H and O–H groups in total. The molecule has 1 aromatic heterocycles. The van der Waals surface area contributed by atoms with Crippen LogP contribution in [0.3, 0.4) is 0 Å². The van der Waals surface area contributed by atoms with Gasteiger partial charge in [-0.3, -0.25) is 4.79 Å². The summed E-state index contributed by atoms with van der Waals surface area (Å²) in [5, 5.41) is 13.3. The lowest BCUT2D eigenvalue weighted by molar-refractivity contribution is -0.140. The number of hydrogen-bond acceptors (Lipinski definition) is 4. The van der Waals surface area contributed by atoms with Gasteiger partial charge in [-0.15, -0.1) is 0 Å². The first kappa shape index (κ1) is 17.0. The van der Waals surface area contributed by atoms with Gasteiger partial charge in [-0.25, -0.2) is 4.98 Å². The van der Waals surface area contributed by atoms with E-state index in [2.05, 4.69) is 27.0 Å². The average molecular weight is 345 g/mol. The molecule has 2 heterocycles. The van der Waals surface area contributed by atoms with Crippen LogP contribution in [0.25, 0.3) is 0 Å². The maximum atomic E-state index is 12.2. The zero-order valence-electron chi connectivity index (χ0n) is 13.6. The maximum Gasteiger partial charge on any atom is 0.252 e. The summed E-state index contributed by atoms with van der Waals surface area (Å²) in [6, 6.07) is 10.2. The van der Waals surface area contributed by atoms with E-state index in [0.717, 1.165) is 23.9 Å². The number of aliphatic hydroxyl groups is 1. The Morgan fingerprint density at radius 1 is 1.29 bits per heavy atom. The van der Waals surface area contributed by atoms with Gasteiger partial charge in [-0.1, -0.05) is 30.3 Å². The number of rotatable bonds is 6. The van der Waals surface area contributed by atoms with E-state index in [0.29, 0.717) is 25.8 Å². The fourth-order valence-electron chi connectivity index (χ4n) is 2.88. The first-order valence-electron chi connectivity index (χ1n) is 8.30. The molecule has 1 aromatic carbocycles. The van der Waals surface area contributed by atoms with Crippen molar-refractivity contribution in [1.29, 1.82) is 0 Å². The van der Waals surface area contributed by atoms with Crippen molar-refractivity contribution in [3.63, 3.8) is 0 Å². The monoisotopic (exact) mass is 345 g/mol. The number of amides is 1. The molecule has 0 bridgehead atoms. The summed E-state index contributed by atoms with van der Waals surface area (Å²) in [4.78, 5) is 16.6.